The SMILES string of the molecule is CCCCC1CN(c2ccccc2)c2cc(SC)c(O/C=C/C(=O)OC(C)(C)C)cc2S(=O)(=O)C1(C)F. The number of unbranched alkanes of at least 4 members (excludes halogenated alkanes) is 1. The lowest BCUT2D eigenvalue weighted by Gasteiger charge is -2.31. The Kier molecular flexibility index (Phi) is 9.01. The number of fused-ring (bicyclic) bond motifs is 1. The van der Waals surface area contributed by atoms with Crippen LogP contribution in [0.3, 0.4) is 0 Å². The molecule has 0 amide bonds. The molecular weight excluding hydrogens is 513 g/mol. The van der Waals surface area contributed by atoms with Crippen LogP contribution < -0.4 is 9.64 Å². The molecule has 202 valence electrons. The summed E-state index contributed by atoms with van der Waals surface area (Å²) in [6, 6.07) is 12.5. The van der Waals surface area contributed by atoms with Gasteiger partial charge >= 0.3 is 5.97 Å². The third-order valence-corrected chi connectivity index (χ3v) is 9.31. The molecule has 1 heterocycles. The van der Waals surface area contributed by atoms with Crippen molar-refractivity contribution in [2.75, 3.05) is 17.7 Å². The summed E-state index contributed by atoms with van der Waals surface area (Å²) >= 11 is 1.37. The first-order valence-electron chi connectivity index (χ1n) is 12.4. The van der Waals surface area contributed by atoms with E-state index in [0.717, 1.165) is 30.9 Å². The molecule has 6 nitrogen and oxygen atoms in total. The number of thioether (sulfide) groups is 1. The fraction of sp³-hybridized carbons (Fsp3) is 0.464. The third kappa shape index (κ3) is 6.49. The third-order valence-electron chi connectivity index (χ3n) is 6.26. The first-order valence-corrected chi connectivity index (χ1v) is 15.1. The van der Waals surface area contributed by atoms with Gasteiger partial charge in [0.15, 0.2) is 0 Å². The Hall–Kier alpha value is -2.52. The minimum absolute atomic E-state index is 0.140. The second kappa shape index (κ2) is 11.5. The quantitative estimate of drug-likeness (QED) is 0.151. The van der Waals surface area contributed by atoms with Crippen LogP contribution in [0.25, 0.3) is 0 Å². The smallest absolute Gasteiger partial charge is 0.334 e. The van der Waals surface area contributed by atoms with Crippen molar-refractivity contribution in [3.8, 4) is 5.75 Å². The second-order valence-corrected chi connectivity index (χ2v) is 13.3. The molecule has 1 aliphatic heterocycles. The average molecular weight is 550 g/mol. The number of sulfone groups is 1. The van der Waals surface area contributed by atoms with Gasteiger partial charge in [0, 0.05) is 24.2 Å². The number of esters is 1. The summed E-state index contributed by atoms with van der Waals surface area (Å²) in [6.07, 6.45) is 6.13. The number of benzene rings is 2. The number of carbonyl (C=O) groups excluding carboxylic acids is 1. The predicted molar refractivity (Wildman–Crippen MR) is 147 cm³/mol. The van der Waals surface area contributed by atoms with Gasteiger partial charge in [0.05, 0.1) is 27.8 Å². The van der Waals surface area contributed by atoms with Crippen LogP contribution >= 0.6 is 11.8 Å². The number of carbonyl (C=O) groups is 1. The Morgan fingerprint density at radius 3 is 2.51 bits per heavy atom. The van der Waals surface area contributed by atoms with Gasteiger partial charge < -0.3 is 14.4 Å². The van der Waals surface area contributed by atoms with Gasteiger partial charge in [0.25, 0.3) is 0 Å². The van der Waals surface area contributed by atoms with Crippen molar-refractivity contribution in [1.29, 1.82) is 0 Å². The summed E-state index contributed by atoms with van der Waals surface area (Å²) in [5.41, 5.74) is 0.524. The van der Waals surface area contributed by atoms with E-state index in [1.807, 2.05) is 48.4 Å². The highest BCUT2D eigenvalue weighted by molar-refractivity contribution is 7.98. The molecule has 0 saturated carbocycles. The molecule has 2 aromatic rings. The van der Waals surface area contributed by atoms with Gasteiger partial charge in [0.1, 0.15) is 11.4 Å². The molecule has 37 heavy (non-hydrogen) atoms. The molecule has 3 rings (SSSR count). The number of alkyl halides is 1. The van der Waals surface area contributed by atoms with Gasteiger partial charge in [-0.05, 0) is 58.6 Å². The number of halogens is 1. The normalized spacial score (nSPS) is 21.4. The highest BCUT2D eigenvalue weighted by Crippen LogP contribution is 2.49. The molecule has 0 aliphatic carbocycles. The summed E-state index contributed by atoms with van der Waals surface area (Å²) in [5, 5.41) is -2.48. The summed E-state index contributed by atoms with van der Waals surface area (Å²) in [4.78, 5) is 14.4. The molecule has 1 aliphatic rings. The number of ether oxygens (including phenoxy) is 2. The van der Waals surface area contributed by atoms with Gasteiger partial charge in [-0.1, -0.05) is 38.0 Å². The molecular formula is C28H36FNO5S2. The van der Waals surface area contributed by atoms with Crippen molar-refractivity contribution in [2.24, 2.45) is 5.92 Å². The Balaban J connectivity index is 2.14. The maximum Gasteiger partial charge on any atom is 0.334 e. The van der Waals surface area contributed by atoms with Crippen LogP contribution in [0.1, 0.15) is 53.9 Å². The number of anilines is 2. The molecule has 0 N–H and O–H groups in total. The van der Waals surface area contributed by atoms with E-state index in [0.29, 0.717) is 17.0 Å². The highest BCUT2D eigenvalue weighted by Gasteiger charge is 2.51. The van der Waals surface area contributed by atoms with E-state index in [2.05, 4.69) is 0 Å². The van der Waals surface area contributed by atoms with Crippen LogP contribution in [-0.2, 0) is 19.4 Å². The van der Waals surface area contributed by atoms with Crippen LogP contribution in [0.15, 0.2) is 64.6 Å². The highest BCUT2D eigenvalue weighted by atomic mass is 32.2. The van der Waals surface area contributed by atoms with Crippen molar-refractivity contribution in [3.05, 3.63) is 54.8 Å². The summed E-state index contributed by atoms with van der Waals surface area (Å²) in [6.45, 7) is 8.65. The molecule has 2 unspecified atom stereocenters. The van der Waals surface area contributed by atoms with E-state index in [9.17, 15) is 13.2 Å². The number of para-hydroxylation sites is 1. The van der Waals surface area contributed by atoms with Crippen molar-refractivity contribution in [1.82, 2.24) is 0 Å². The Morgan fingerprint density at radius 1 is 1.24 bits per heavy atom. The Bertz CT molecular complexity index is 1240. The Morgan fingerprint density at radius 2 is 1.92 bits per heavy atom. The number of hydrogen-bond donors (Lipinski definition) is 0. The lowest BCUT2D eigenvalue weighted by atomic mass is 9.96. The van der Waals surface area contributed by atoms with Crippen LogP contribution in [0.5, 0.6) is 5.75 Å². The summed E-state index contributed by atoms with van der Waals surface area (Å²) < 4.78 is 55.0. The molecule has 2 aromatic carbocycles. The van der Waals surface area contributed by atoms with Gasteiger partial charge in [-0.3, -0.25) is 0 Å². The molecule has 0 radical (unpaired) electrons. The van der Waals surface area contributed by atoms with E-state index in [-0.39, 0.29) is 17.2 Å². The van der Waals surface area contributed by atoms with Gasteiger partial charge in [-0.15, -0.1) is 11.8 Å². The van der Waals surface area contributed by atoms with Crippen molar-refractivity contribution in [2.45, 2.75) is 74.3 Å². The van der Waals surface area contributed by atoms with Crippen LogP contribution in [-0.4, -0.2) is 37.8 Å². The van der Waals surface area contributed by atoms with Crippen LogP contribution in [0, 0.1) is 5.92 Å². The lowest BCUT2D eigenvalue weighted by Crippen LogP contribution is -2.41. The molecule has 2 atom stereocenters. The van der Waals surface area contributed by atoms with Crippen LogP contribution in [0.4, 0.5) is 15.8 Å². The minimum Gasteiger partial charge on any atom is -0.464 e. The number of rotatable bonds is 8. The van der Waals surface area contributed by atoms with E-state index in [1.54, 1.807) is 26.8 Å². The van der Waals surface area contributed by atoms with E-state index in [1.165, 1.54) is 24.8 Å². The fourth-order valence-corrected chi connectivity index (χ4v) is 6.58. The standard InChI is InChI=1S/C28H36FNO5S2/c1-7-8-12-20-19-30(21-13-10-9-11-14-21)22-17-24(36-6)23(18-25(22)37(32,33)28(20,5)29)34-16-15-26(31)35-27(2,3)4/h9-11,13-18,20H,7-8,12,19H2,1-6H3/b16-15+. The van der Waals surface area contributed by atoms with E-state index < -0.39 is 32.3 Å². The predicted octanol–water partition coefficient (Wildman–Crippen LogP) is 7.06. The topological polar surface area (TPSA) is 72.9 Å². The first-order chi connectivity index (χ1) is 17.3. The molecule has 0 fully saturated rings. The zero-order chi connectivity index (χ0) is 27.4. The maximum atomic E-state index is 16.4. The zero-order valence-corrected chi connectivity index (χ0v) is 23.9. The van der Waals surface area contributed by atoms with Gasteiger partial charge in [-0.2, -0.15) is 0 Å². The maximum absolute atomic E-state index is 16.4. The van der Waals surface area contributed by atoms with E-state index >= 15 is 4.39 Å². The van der Waals surface area contributed by atoms with Crippen molar-refractivity contribution < 1.29 is 27.1 Å². The second-order valence-electron chi connectivity index (χ2n) is 10.2. The number of nitrogens with zero attached hydrogens (tertiary/aromatic N) is 1. The molecule has 9 heteroatoms. The molecule has 0 aromatic heterocycles. The summed E-state index contributed by atoms with van der Waals surface area (Å²) in [5.74, 6) is -1.12. The monoisotopic (exact) mass is 549 g/mol. The number of hydrogen-bond acceptors (Lipinski definition) is 7. The molecule has 0 bridgehead atoms. The van der Waals surface area contributed by atoms with Gasteiger partial charge in [0.2, 0.25) is 14.8 Å². The van der Waals surface area contributed by atoms with Gasteiger partial charge in [-0.25, -0.2) is 17.6 Å². The van der Waals surface area contributed by atoms with E-state index in [4.69, 9.17) is 9.47 Å². The average Bonchev–Trinajstić information content (AvgIpc) is 2.88. The largest absolute Gasteiger partial charge is 0.464 e. The fourth-order valence-electron chi connectivity index (χ4n) is 4.28. The molecule has 0 saturated heterocycles. The van der Waals surface area contributed by atoms with Crippen molar-refractivity contribution in [3.63, 3.8) is 0 Å². The minimum atomic E-state index is -4.40. The summed E-state index contributed by atoms with van der Waals surface area (Å²) in [7, 11) is -4.40. The first kappa shape index (κ1) is 29.0. The van der Waals surface area contributed by atoms with Crippen molar-refractivity contribution >= 4 is 38.9 Å². The lowest BCUT2D eigenvalue weighted by molar-refractivity contribution is -0.148. The van der Waals surface area contributed by atoms with Crippen LogP contribution in [0.2, 0.25) is 0 Å². The zero-order valence-electron chi connectivity index (χ0n) is 22.3. The Labute approximate surface area is 224 Å². The molecule has 0 spiro atoms.